The molecule has 0 radical (unpaired) electrons. The molecule has 3 aromatic carbocycles. The normalized spacial score (nSPS) is 17.4. The number of likely N-dealkylation sites (N-methyl/N-ethyl adjacent to an activating group) is 1. The second-order valence-electron chi connectivity index (χ2n) is 11.3. The van der Waals surface area contributed by atoms with Crippen LogP contribution in [-0.4, -0.2) is 70.2 Å². The Bertz CT molecular complexity index is 1530. The minimum atomic E-state index is -3.36. The van der Waals surface area contributed by atoms with Gasteiger partial charge in [-0.15, -0.1) is 0 Å². The van der Waals surface area contributed by atoms with E-state index < -0.39 is 10.0 Å². The molecule has 3 aromatic rings. The Morgan fingerprint density at radius 2 is 1.71 bits per heavy atom. The first-order valence-corrected chi connectivity index (χ1v) is 16.3. The lowest BCUT2D eigenvalue weighted by Crippen LogP contribution is -2.46. The topological polar surface area (TPSA) is 60.9 Å². The van der Waals surface area contributed by atoms with E-state index in [1.165, 1.54) is 30.5 Å². The quantitative estimate of drug-likeness (QED) is 0.302. The summed E-state index contributed by atoms with van der Waals surface area (Å²) < 4.78 is 40.0. The van der Waals surface area contributed by atoms with Crippen molar-refractivity contribution in [1.82, 2.24) is 9.80 Å². The van der Waals surface area contributed by atoms with Gasteiger partial charge < -0.3 is 9.80 Å². The van der Waals surface area contributed by atoms with Crippen LogP contribution in [0, 0.1) is 5.82 Å². The summed E-state index contributed by atoms with van der Waals surface area (Å²) in [5, 5.41) is 0.947. The number of amides is 1. The Hall–Kier alpha value is -2.65. The summed E-state index contributed by atoms with van der Waals surface area (Å²) >= 11 is 12.6. The fourth-order valence-corrected chi connectivity index (χ4v) is 7.51. The Morgan fingerprint density at radius 3 is 2.37 bits per heavy atom. The van der Waals surface area contributed by atoms with Crippen LogP contribution in [0.25, 0.3) is 0 Å². The number of piperidine rings is 1. The molecule has 1 saturated heterocycles. The van der Waals surface area contributed by atoms with Crippen LogP contribution in [0.2, 0.25) is 10.0 Å². The number of hydrogen-bond acceptors (Lipinski definition) is 4. The van der Waals surface area contributed by atoms with Crippen LogP contribution < -0.4 is 4.31 Å². The third kappa shape index (κ3) is 6.41. The summed E-state index contributed by atoms with van der Waals surface area (Å²) in [7, 11) is -1.60. The largest absolute Gasteiger partial charge is 0.341 e. The fraction of sp³-hybridized carbons (Fsp3) is 0.387. The molecule has 2 heterocycles. The van der Waals surface area contributed by atoms with E-state index in [0.717, 1.165) is 55.7 Å². The number of fused-ring (bicyclic) bond motifs is 2. The highest BCUT2D eigenvalue weighted by Gasteiger charge is 2.46. The van der Waals surface area contributed by atoms with E-state index in [0.29, 0.717) is 28.7 Å². The summed E-state index contributed by atoms with van der Waals surface area (Å²) in [4.78, 5) is 17.2. The Labute approximate surface area is 251 Å². The van der Waals surface area contributed by atoms with Crippen LogP contribution in [0.5, 0.6) is 0 Å². The summed E-state index contributed by atoms with van der Waals surface area (Å²) in [6.45, 7) is 3.47. The van der Waals surface area contributed by atoms with Crippen LogP contribution >= 0.6 is 23.2 Å². The maximum absolute atomic E-state index is 13.4. The zero-order valence-corrected chi connectivity index (χ0v) is 25.5. The number of likely N-dealkylation sites (tertiary alicyclic amines) is 1. The van der Waals surface area contributed by atoms with Gasteiger partial charge in [-0.25, -0.2) is 12.8 Å². The molecule has 41 heavy (non-hydrogen) atoms. The third-order valence-electron chi connectivity index (χ3n) is 8.54. The molecule has 5 rings (SSSR count). The Balaban J connectivity index is 1.28. The SMILES string of the molecule is CN(C[C@@H](CCN1CCC2(CC1)CN(S(C)(=O)=O)c1ccccc12)c1ccc(Cl)c(Cl)c1)C(=O)c1ccc(F)cc1. The van der Waals surface area contributed by atoms with Gasteiger partial charge in [-0.1, -0.05) is 47.5 Å². The highest BCUT2D eigenvalue weighted by molar-refractivity contribution is 7.92. The van der Waals surface area contributed by atoms with Gasteiger partial charge in [0.05, 0.1) is 22.0 Å². The minimum absolute atomic E-state index is 0.00276. The number of rotatable bonds is 8. The van der Waals surface area contributed by atoms with Gasteiger partial charge in [0, 0.05) is 37.0 Å². The van der Waals surface area contributed by atoms with Gasteiger partial charge in [0.2, 0.25) is 10.0 Å². The molecule has 6 nitrogen and oxygen atoms in total. The molecule has 0 unspecified atom stereocenters. The number of halogens is 3. The number of para-hydroxylation sites is 1. The fourth-order valence-electron chi connectivity index (χ4n) is 6.21. The summed E-state index contributed by atoms with van der Waals surface area (Å²) in [6, 6.07) is 19.0. The van der Waals surface area contributed by atoms with Crippen LogP contribution in [-0.2, 0) is 15.4 Å². The molecule has 2 aliphatic heterocycles. The van der Waals surface area contributed by atoms with E-state index in [-0.39, 0.29) is 23.1 Å². The van der Waals surface area contributed by atoms with E-state index in [9.17, 15) is 17.6 Å². The molecule has 0 aliphatic carbocycles. The maximum Gasteiger partial charge on any atom is 0.253 e. The summed E-state index contributed by atoms with van der Waals surface area (Å²) in [5.41, 5.74) is 3.18. The molecule has 1 amide bonds. The van der Waals surface area contributed by atoms with Crippen molar-refractivity contribution in [3.05, 3.63) is 99.3 Å². The molecule has 1 fully saturated rings. The van der Waals surface area contributed by atoms with Crippen molar-refractivity contribution in [2.75, 3.05) is 50.3 Å². The second kappa shape index (κ2) is 11.9. The van der Waals surface area contributed by atoms with Crippen LogP contribution in [0.4, 0.5) is 10.1 Å². The molecule has 218 valence electrons. The zero-order chi connectivity index (χ0) is 29.4. The van der Waals surface area contributed by atoms with E-state index >= 15 is 0 Å². The monoisotopic (exact) mass is 617 g/mol. The maximum atomic E-state index is 13.4. The number of nitrogens with zero attached hydrogens (tertiary/aromatic N) is 3. The molecule has 0 aromatic heterocycles. The van der Waals surface area contributed by atoms with Gasteiger partial charge in [0.15, 0.2) is 0 Å². The van der Waals surface area contributed by atoms with Crippen molar-refractivity contribution in [2.45, 2.75) is 30.6 Å². The zero-order valence-electron chi connectivity index (χ0n) is 23.2. The van der Waals surface area contributed by atoms with Crippen LogP contribution in [0.1, 0.15) is 46.7 Å². The first-order chi connectivity index (χ1) is 19.5. The standard InChI is InChI=1S/C31H34Cl2FN3O3S/c1-35(30(38)22-7-10-25(34)11-8-22)20-24(23-9-12-27(32)28(33)19-23)13-16-36-17-14-31(15-18-36)21-37(41(2,39)40)29-6-4-3-5-26(29)31/h3-12,19,24H,13-18,20-21H2,1-2H3/t24-/m1/s1. The van der Waals surface area contributed by atoms with Gasteiger partial charge in [0.1, 0.15) is 5.82 Å². The van der Waals surface area contributed by atoms with Gasteiger partial charge in [0.25, 0.3) is 5.91 Å². The third-order valence-corrected chi connectivity index (χ3v) is 10.4. The molecule has 1 atom stereocenters. The molecule has 10 heteroatoms. The van der Waals surface area contributed by atoms with E-state index in [2.05, 4.69) is 11.0 Å². The highest BCUT2D eigenvalue weighted by Crippen LogP contribution is 2.47. The van der Waals surface area contributed by atoms with Gasteiger partial charge in [-0.2, -0.15) is 0 Å². The van der Waals surface area contributed by atoms with Crippen molar-refractivity contribution in [3.63, 3.8) is 0 Å². The summed E-state index contributed by atoms with van der Waals surface area (Å²) in [5.74, 6) is -0.556. The first kappa shape index (κ1) is 29.8. The summed E-state index contributed by atoms with van der Waals surface area (Å²) in [6.07, 6.45) is 3.81. The predicted octanol–water partition coefficient (Wildman–Crippen LogP) is 6.19. The van der Waals surface area contributed by atoms with Crippen LogP contribution in [0.3, 0.4) is 0 Å². The lowest BCUT2D eigenvalue weighted by molar-refractivity contribution is 0.0780. The lowest BCUT2D eigenvalue weighted by atomic mass is 9.74. The van der Waals surface area contributed by atoms with Crippen molar-refractivity contribution in [1.29, 1.82) is 0 Å². The van der Waals surface area contributed by atoms with Crippen molar-refractivity contribution in [3.8, 4) is 0 Å². The Kier molecular flexibility index (Phi) is 8.67. The molecule has 1 spiro atoms. The minimum Gasteiger partial charge on any atom is -0.341 e. The molecule has 0 bridgehead atoms. The molecule has 0 saturated carbocycles. The van der Waals surface area contributed by atoms with Gasteiger partial charge >= 0.3 is 0 Å². The molecular weight excluding hydrogens is 584 g/mol. The van der Waals surface area contributed by atoms with Crippen molar-refractivity contribution in [2.24, 2.45) is 0 Å². The lowest BCUT2D eigenvalue weighted by Gasteiger charge is -2.40. The van der Waals surface area contributed by atoms with Crippen molar-refractivity contribution >= 4 is 44.8 Å². The van der Waals surface area contributed by atoms with E-state index in [1.54, 1.807) is 22.3 Å². The number of hydrogen-bond donors (Lipinski definition) is 0. The number of sulfonamides is 1. The average Bonchev–Trinajstić information content (AvgIpc) is 3.28. The molecule has 0 N–H and O–H groups in total. The number of anilines is 1. The predicted molar refractivity (Wildman–Crippen MR) is 163 cm³/mol. The van der Waals surface area contributed by atoms with Gasteiger partial charge in [-0.3, -0.25) is 9.10 Å². The van der Waals surface area contributed by atoms with Crippen molar-refractivity contribution < 1.29 is 17.6 Å². The molecule has 2 aliphatic rings. The number of carbonyl (C=O) groups excluding carboxylic acids is 1. The second-order valence-corrected chi connectivity index (χ2v) is 14.0. The van der Waals surface area contributed by atoms with Gasteiger partial charge in [-0.05, 0) is 92.5 Å². The van der Waals surface area contributed by atoms with Crippen LogP contribution in [0.15, 0.2) is 66.7 Å². The highest BCUT2D eigenvalue weighted by atomic mass is 35.5. The molecular formula is C31H34Cl2FN3O3S. The smallest absolute Gasteiger partial charge is 0.253 e. The number of carbonyl (C=O) groups is 1. The first-order valence-electron chi connectivity index (χ1n) is 13.7. The number of benzene rings is 3. The Morgan fingerprint density at radius 1 is 1.02 bits per heavy atom. The average molecular weight is 619 g/mol. The van der Waals surface area contributed by atoms with E-state index in [4.69, 9.17) is 23.2 Å². The van der Waals surface area contributed by atoms with E-state index in [1.807, 2.05) is 30.3 Å².